The summed E-state index contributed by atoms with van der Waals surface area (Å²) in [5.41, 5.74) is 5.93. The van der Waals surface area contributed by atoms with E-state index in [-0.39, 0.29) is 6.04 Å². The molecular formula is C28H33N5O2. The molecule has 1 fully saturated rings. The van der Waals surface area contributed by atoms with Crippen molar-refractivity contribution in [3.63, 3.8) is 0 Å². The molecule has 3 aromatic rings. The summed E-state index contributed by atoms with van der Waals surface area (Å²) < 4.78 is 0. The van der Waals surface area contributed by atoms with Crippen molar-refractivity contribution in [2.45, 2.75) is 26.8 Å². The van der Waals surface area contributed by atoms with Crippen molar-refractivity contribution in [1.82, 2.24) is 15.2 Å². The Bertz CT molecular complexity index is 1140. The van der Waals surface area contributed by atoms with Crippen LogP contribution in [0, 0.1) is 20.8 Å². The fourth-order valence-electron chi connectivity index (χ4n) is 4.78. The molecule has 7 nitrogen and oxygen atoms in total. The van der Waals surface area contributed by atoms with Crippen molar-refractivity contribution < 1.29 is 9.59 Å². The first-order valence-corrected chi connectivity index (χ1v) is 12.0. The summed E-state index contributed by atoms with van der Waals surface area (Å²) in [5, 5.41) is 5.65. The van der Waals surface area contributed by atoms with Crippen LogP contribution in [-0.4, -0.2) is 54.4 Å². The summed E-state index contributed by atoms with van der Waals surface area (Å²) in [6.07, 6.45) is 3.58. The lowest BCUT2D eigenvalue weighted by Crippen LogP contribution is -2.50. The highest BCUT2D eigenvalue weighted by Crippen LogP contribution is 2.24. The summed E-state index contributed by atoms with van der Waals surface area (Å²) in [6, 6.07) is 18.2. The normalized spacial score (nSPS) is 14.9. The number of benzene rings is 2. The van der Waals surface area contributed by atoms with E-state index in [0.29, 0.717) is 12.2 Å². The van der Waals surface area contributed by atoms with Gasteiger partial charge in [-0.15, -0.1) is 0 Å². The molecule has 7 heteroatoms. The van der Waals surface area contributed by atoms with Crippen molar-refractivity contribution in [3.8, 4) is 0 Å². The fourth-order valence-corrected chi connectivity index (χ4v) is 4.78. The minimum absolute atomic E-state index is 0.0683. The number of hydrogen-bond acceptors (Lipinski definition) is 5. The minimum atomic E-state index is -0.654. The first-order chi connectivity index (χ1) is 16.9. The van der Waals surface area contributed by atoms with Crippen LogP contribution in [0.25, 0.3) is 0 Å². The van der Waals surface area contributed by atoms with Crippen LogP contribution in [0.2, 0.25) is 0 Å². The number of nitrogens with one attached hydrogen (secondary N) is 2. The van der Waals surface area contributed by atoms with Crippen molar-refractivity contribution in [1.29, 1.82) is 0 Å². The molecule has 0 radical (unpaired) electrons. The number of aryl methyl sites for hydroxylation is 3. The van der Waals surface area contributed by atoms with Gasteiger partial charge in [-0.3, -0.25) is 19.5 Å². The average molecular weight is 472 g/mol. The highest BCUT2D eigenvalue weighted by Gasteiger charge is 2.27. The summed E-state index contributed by atoms with van der Waals surface area (Å²) in [4.78, 5) is 34.4. The number of carbonyl (C=O) groups excluding carboxylic acids is 2. The van der Waals surface area contributed by atoms with Crippen LogP contribution in [0.3, 0.4) is 0 Å². The zero-order valence-electron chi connectivity index (χ0n) is 20.6. The van der Waals surface area contributed by atoms with Gasteiger partial charge in [-0.05, 0) is 55.7 Å². The van der Waals surface area contributed by atoms with Crippen molar-refractivity contribution in [2.75, 3.05) is 42.9 Å². The average Bonchev–Trinajstić information content (AvgIpc) is 2.87. The van der Waals surface area contributed by atoms with E-state index in [1.807, 2.05) is 57.3 Å². The zero-order valence-corrected chi connectivity index (χ0v) is 20.6. The van der Waals surface area contributed by atoms with E-state index in [1.165, 1.54) is 5.69 Å². The van der Waals surface area contributed by atoms with Crippen LogP contribution in [0.15, 0.2) is 67.0 Å². The molecule has 0 spiro atoms. The number of amides is 2. The fraction of sp³-hybridized carbons (Fsp3) is 0.321. The molecule has 0 aliphatic carbocycles. The number of carbonyl (C=O) groups is 2. The van der Waals surface area contributed by atoms with E-state index in [1.54, 1.807) is 6.20 Å². The summed E-state index contributed by atoms with van der Waals surface area (Å²) in [5.74, 6) is -1.29. The van der Waals surface area contributed by atoms with Gasteiger partial charge in [0.15, 0.2) is 0 Å². The third-order valence-corrected chi connectivity index (χ3v) is 6.52. The number of nitrogens with zero attached hydrogens (tertiary/aromatic N) is 3. The molecule has 1 aliphatic heterocycles. The van der Waals surface area contributed by atoms with Crippen LogP contribution in [0.4, 0.5) is 11.4 Å². The summed E-state index contributed by atoms with van der Waals surface area (Å²) in [7, 11) is 0. The maximum absolute atomic E-state index is 12.7. The van der Waals surface area contributed by atoms with E-state index >= 15 is 0 Å². The van der Waals surface area contributed by atoms with E-state index in [2.05, 4.69) is 49.7 Å². The van der Waals surface area contributed by atoms with Gasteiger partial charge < -0.3 is 15.5 Å². The second kappa shape index (κ2) is 11.1. The molecule has 4 rings (SSSR count). The van der Waals surface area contributed by atoms with E-state index in [4.69, 9.17) is 0 Å². The molecule has 0 bridgehead atoms. The Morgan fingerprint density at radius 2 is 1.60 bits per heavy atom. The minimum Gasteiger partial charge on any atom is -0.369 e. The summed E-state index contributed by atoms with van der Waals surface area (Å²) in [6.45, 7) is 9.67. The highest BCUT2D eigenvalue weighted by atomic mass is 16.2. The van der Waals surface area contributed by atoms with Crippen molar-refractivity contribution in [2.24, 2.45) is 0 Å². The Morgan fingerprint density at radius 1 is 0.914 bits per heavy atom. The number of piperazine rings is 1. The predicted octanol–water partition coefficient (Wildman–Crippen LogP) is 3.63. The third-order valence-electron chi connectivity index (χ3n) is 6.52. The molecule has 35 heavy (non-hydrogen) atoms. The van der Waals surface area contributed by atoms with Crippen LogP contribution >= 0.6 is 0 Å². The van der Waals surface area contributed by atoms with Gasteiger partial charge in [-0.25, -0.2) is 0 Å². The van der Waals surface area contributed by atoms with Gasteiger partial charge in [0.05, 0.1) is 6.04 Å². The topological polar surface area (TPSA) is 77.6 Å². The number of pyridine rings is 1. The standard InChI is InChI=1S/C28H33N5O2/c1-20-16-21(2)26(22(3)17-20)31-28(35)27(34)30-19-25(23-8-7-11-29-18-23)33-14-12-32(13-15-33)24-9-5-4-6-10-24/h4-11,16-18,25H,12-15,19H2,1-3H3,(H,30,34)(H,31,35)/t25-/m1/s1. The third kappa shape index (κ3) is 6.05. The molecule has 1 aliphatic rings. The van der Waals surface area contributed by atoms with Gasteiger partial charge in [-0.1, -0.05) is 42.0 Å². The van der Waals surface area contributed by atoms with Gasteiger partial charge in [0.25, 0.3) is 0 Å². The van der Waals surface area contributed by atoms with E-state index in [9.17, 15) is 9.59 Å². The smallest absolute Gasteiger partial charge is 0.313 e. The summed E-state index contributed by atoms with van der Waals surface area (Å²) >= 11 is 0. The number of hydrogen-bond donors (Lipinski definition) is 2. The maximum Gasteiger partial charge on any atom is 0.313 e. The number of anilines is 2. The molecule has 1 saturated heterocycles. The molecule has 0 unspecified atom stereocenters. The van der Waals surface area contributed by atoms with Gasteiger partial charge in [-0.2, -0.15) is 0 Å². The van der Waals surface area contributed by atoms with Crippen molar-refractivity contribution in [3.05, 3.63) is 89.2 Å². The Hall–Kier alpha value is -3.71. The van der Waals surface area contributed by atoms with Gasteiger partial charge >= 0.3 is 11.8 Å². The molecule has 0 saturated carbocycles. The second-order valence-corrected chi connectivity index (χ2v) is 9.10. The molecule has 2 N–H and O–H groups in total. The molecule has 2 heterocycles. The van der Waals surface area contributed by atoms with Gasteiger partial charge in [0.1, 0.15) is 0 Å². The van der Waals surface area contributed by atoms with Crippen molar-refractivity contribution >= 4 is 23.2 Å². The SMILES string of the molecule is Cc1cc(C)c(NC(=O)C(=O)NC[C@H](c2cccnc2)N2CCN(c3ccccc3)CC2)c(C)c1. The lowest BCUT2D eigenvalue weighted by atomic mass is 10.0. The number of aromatic nitrogens is 1. The quantitative estimate of drug-likeness (QED) is 0.537. The van der Waals surface area contributed by atoms with Gasteiger partial charge in [0.2, 0.25) is 0 Å². The number of rotatable bonds is 6. The van der Waals surface area contributed by atoms with Crippen LogP contribution < -0.4 is 15.5 Å². The lowest BCUT2D eigenvalue weighted by molar-refractivity contribution is -0.136. The van der Waals surface area contributed by atoms with Gasteiger partial charge in [0, 0.05) is 56.5 Å². The molecular weight excluding hydrogens is 438 g/mol. The Labute approximate surface area is 207 Å². The lowest BCUT2D eigenvalue weighted by Gasteiger charge is -2.40. The highest BCUT2D eigenvalue weighted by molar-refractivity contribution is 6.39. The molecule has 182 valence electrons. The number of para-hydroxylation sites is 1. The van der Waals surface area contributed by atoms with Crippen LogP contribution in [0.1, 0.15) is 28.3 Å². The largest absolute Gasteiger partial charge is 0.369 e. The first-order valence-electron chi connectivity index (χ1n) is 12.0. The molecule has 1 aromatic heterocycles. The monoisotopic (exact) mass is 471 g/mol. The molecule has 2 aromatic carbocycles. The first kappa shape index (κ1) is 24.4. The molecule has 1 atom stereocenters. The molecule has 2 amide bonds. The predicted molar refractivity (Wildman–Crippen MR) is 139 cm³/mol. The van der Waals surface area contributed by atoms with E-state index in [0.717, 1.165) is 48.4 Å². The van der Waals surface area contributed by atoms with Crippen LogP contribution in [0.5, 0.6) is 0 Å². The Balaban J connectivity index is 1.40. The van der Waals surface area contributed by atoms with Crippen LogP contribution in [-0.2, 0) is 9.59 Å². The second-order valence-electron chi connectivity index (χ2n) is 9.10. The zero-order chi connectivity index (χ0) is 24.8. The Morgan fingerprint density at radius 3 is 2.23 bits per heavy atom. The maximum atomic E-state index is 12.7. The Kier molecular flexibility index (Phi) is 7.77. The van der Waals surface area contributed by atoms with E-state index < -0.39 is 11.8 Å².